The molecule has 42 heteroatoms. The maximum Gasteiger partial charge on any atom is 0.295 e. The van der Waals surface area contributed by atoms with Gasteiger partial charge in [-0.2, -0.15) is 67.3 Å². The van der Waals surface area contributed by atoms with Crippen LogP contribution in [0.15, 0.2) is 185 Å². The average Bonchev–Trinajstić information content (AvgIpc) is 0.737. The van der Waals surface area contributed by atoms with Crippen LogP contribution < -0.4 is 70.4 Å². The summed E-state index contributed by atoms with van der Waals surface area (Å²) in [6, 6.07) is 23.1. The van der Waals surface area contributed by atoms with Gasteiger partial charge in [0.05, 0.1) is 29.4 Å². The highest BCUT2D eigenvalue weighted by molar-refractivity contribution is 7.88. The largest absolute Gasteiger partial charge is 0.344 e. The predicted molar refractivity (Wildman–Crippen MR) is 331 cm³/mol. The molecule has 0 radical (unpaired) electrons. The third kappa shape index (κ3) is 17.7. The van der Waals surface area contributed by atoms with Crippen LogP contribution in [0, 0.1) is 0 Å². The highest BCUT2D eigenvalue weighted by atomic mass is 32.2. The molecule has 0 atom stereocenters. The molecule has 32 nitrogen and oxygen atoms in total. The summed E-state index contributed by atoms with van der Waals surface area (Å²) >= 11 is 0. The molecule has 8 aromatic rings. The molecule has 0 fully saturated rings. The molecule has 0 amide bonds. The summed E-state index contributed by atoms with van der Waals surface area (Å²) in [6.45, 7) is 0. The van der Waals surface area contributed by atoms with Crippen molar-refractivity contribution >= 4 is 140 Å². The Labute approximate surface area is 508 Å². The first-order chi connectivity index (χ1) is 36.7. The molecule has 0 unspecified atom stereocenters. The van der Waals surface area contributed by atoms with Crippen molar-refractivity contribution in [1.29, 1.82) is 0 Å². The van der Waals surface area contributed by atoms with Gasteiger partial charge in [0.25, 0.3) is 80.9 Å². The van der Waals surface area contributed by atoms with Crippen LogP contribution in [0.5, 0.6) is 0 Å². The fourth-order valence-corrected chi connectivity index (χ4v) is 18.4. The third-order valence-electron chi connectivity index (χ3n) is 12.1. The highest BCUT2D eigenvalue weighted by Crippen LogP contribution is 2.51. The first kappa shape index (κ1) is 82.1. The number of hydrogen-bond acceptors (Lipinski definition) is 24. The van der Waals surface area contributed by atoms with Gasteiger partial charge < -0.3 is 49.2 Å². The molecule has 32 N–H and O–H groups in total. The number of fused-ring (bicyclic) bond motifs is 2. The van der Waals surface area contributed by atoms with E-state index in [-0.39, 0.29) is 70.4 Å². The Morgan fingerprint density at radius 1 is 0.250 bits per heavy atom. The maximum absolute atomic E-state index is 13.6. The summed E-state index contributed by atoms with van der Waals surface area (Å²) in [5, 5.41) is -2.79. The zero-order chi connectivity index (χ0) is 59.1. The monoisotopic (exact) mass is 1430 g/mol. The van der Waals surface area contributed by atoms with Crippen LogP contribution in [0.1, 0.15) is 11.1 Å². The number of rotatable bonds is 17. The molecule has 88 heavy (non-hydrogen) atoms. The van der Waals surface area contributed by atoms with Gasteiger partial charge in [-0.25, -0.2) is 0 Å². The lowest BCUT2D eigenvalue weighted by atomic mass is 9.87. The molecular weight excluding hydrogens is 1370 g/mol. The van der Waals surface area contributed by atoms with Crippen molar-refractivity contribution in [3.63, 3.8) is 0 Å². The summed E-state index contributed by atoms with van der Waals surface area (Å²) in [5.41, 5.74) is -1.87. The Bertz CT molecular complexity index is 4480. The van der Waals surface area contributed by atoms with Crippen molar-refractivity contribution in [1.82, 2.24) is 49.2 Å². The molecule has 8 aromatic carbocycles. The van der Waals surface area contributed by atoms with Gasteiger partial charge in [-0.05, 0) is 155 Å². The molecule has 486 valence electrons. The number of benzene rings is 8. The van der Waals surface area contributed by atoms with E-state index in [1.807, 2.05) is 0 Å². The van der Waals surface area contributed by atoms with Gasteiger partial charge in [0.2, 0.25) is 0 Å². The van der Waals surface area contributed by atoms with Crippen LogP contribution in [0.4, 0.5) is 0 Å². The maximum atomic E-state index is 13.6. The molecule has 0 aliphatic heterocycles. The van der Waals surface area contributed by atoms with E-state index >= 15 is 0 Å². The topological polar surface area (TPSA) is 715 Å². The molecule has 0 heterocycles. The Morgan fingerprint density at radius 3 is 0.670 bits per heavy atom. The summed E-state index contributed by atoms with van der Waals surface area (Å²) in [6.07, 6.45) is -1.52. The lowest BCUT2D eigenvalue weighted by Gasteiger charge is -2.27. The van der Waals surface area contributed by atoms with Gasteiger partial charge in [0, 0.05) is 23.1 Å². The van der Waals surface area contributed by atoms with Crippen molar-refractivity contribution in [2.75, 3.05) is 0 Å². The third-order valence-corrected chi connectivity index (χ3v) is 23.9. The quantitative estimate of drug-likeness (QED) is 0.0356. The van der Waals surface area contributed by atoms with Crippen LogP contribution in [-0.2, 0) is 93.3 Å². The van der Waals surface area contributed by atoms with Crippen LogP contribution >= 0.6 is 15.8 Å². The second-order valence-electron chi connectivity index (χ2n) is 17.2. The second-order valence-corrected chi connectivity index (χ2v) is 32.9. The predicted octanol–water partition coefficient (Wildman–Crippen LogP) is 6.20. The Kier molecular flexibility index (Phi) is 27.0. The Balaban J connectivity index is 0.00000946. The molecule has 0 aromatic heterocycles. The Hall–Kier alpha value is -5.90. The summed E-state index contributed by atoms with van der Waals surface area (Å²) in [4.78, 5) is -7.07. The standard InChI is InChI=1S/C46H36O24P2S8.8H3N/c47-73(48,49)33-9-1-5-29(19-33)71(30-6-2-10-34(20-30)74(50,51)52)25-27-17-43(79(65,66)67)39-15-13-37(77(59,60)61)23-41(39)45(27)46-28(18-44(80(68,69)70)40-16-14-38(24-42(40)46)78(62,63)64)26-72(31-7-3-11-35(21-31)75(53,54)55)32-8-4-12-36(22-32)76(56,57)58;;;;;;;;/h1-24H,25-26H2,(H,47,48,49)(H,50,51,52)(H,53,54,55)(H,56,57,58)(H,59,60,61)(H,62,63,64)(H,65,66,67)(H,68,69,70);8*1H3. The molecular formula is C46H60N8O24P2S8. The van der Waals surface area contributed by atoms with Crippen molar-refractivity contribution in [2.45, 2.75) is 51.5 Å². The Morgan fingerprint density at radius 2 is 0.466 bits per heavy atom. The van der Waals surface area contributed by atoms with Gasteiger partial charge >= 0.3 is 0 Å². The van der Waals surface area contributed by atoms with Gasteiger partial charge in [-0.15, -0.1) is 0 Å². The summed E-state index contributed by atoms with van der Waals surface area (Å²) in [5.74, 6) is 0. The molecule has 0 bridgehead atoms. The SMILES string of the molecule is N.N.N.N.N.N.N.N.O=S(=O)(O)c1cccc(P(Cc2cc(S(=O)(=O)O)c3ccc(S(=O)(=O)O)cc3c2-c2c(CP(c3cccc(S(=O)(=O)O)c3)c3cccc(S(=O)(=O)O)c3)cc(S(=O)(=O)O)c3ccc(S(=O)(=O)O)cc23)c2cccc(S(=O)(=O)O)c2)c1. The molecule has 0 saturated carbocycles. The lowest BCUT2D eigenvalue weighted by molar-refractivity contribution is 0.481. The van der Waals surface area contributed by atoms with Crippen molar-refractivity contribution in [3.8, 4) is 11.1 Å². The highest BCUT2D eigenvalue weighted by Gasteiger charge is 2.32. The molecule has 8 rings (SSSR count). The number of hydrogen-bond donors (Lipinski definition) is 16. The zero-order valence-corrected chi connectivity index (χ0v) is 53.5. The lowest BCUT2D eigenvalue weighted by Crippen LogP contribution is -2.18. The average molecular weight is 1430 g/mol. The van der Waals surface area contributed by atoms with Crippen LogP contribution in [-0.4, -0.2) is 104 Å². The van der Waals surface area contributed by atoms with E-state index in [9.17, 15) is 104 Å². The van der Waals surface area contributed by atoms with E-state index < -0.39 is 192 Å². The zero-order valence-electron chi connectivity index (χ0n) is 45.2. The van der Waals surface area contributed by atoms with Crippen molar-refractivity contribution < 1.29 is 104 Å². The van der Waals surface area contributed by atoms with Gasteiger partial charge in [-0.3, -0.25) is 36.4 Å². The smallest absolute Gasteiger partial charge is 0.295 e. The van der Waals surface area contributed by atoms with E-state index in [1.54, 1.807) is 0 Å². The van der Waals surface area contributed by atoms with E-state index in [2.05, 4.69) is 0 Å². The van der Waals surface area contributed by atoms with Crippen molar-refractivity contribution in [3.05, 3.63) is 157 Å². The minimum atomic E-state index is -5.53. The van der Waals surface area contributed by atoms with Crippen LogP contribution in [0.2, 0.25) is 0 Å². The van der Waals surface area contributed by atoms with E-state index in [0.29, 0.717) is 24.3 Å². The van der Waals surface area contributed by atoms with E-state index in [4.69, 9.17) is 0 Å². The minimum absolute atomic E-state index is 0. The first-order valence-electron chi connectivity index (χ1n) is 21.7. The van der Waals surface area contributed by atoms with Gasteiger partial charge in [0.15, 0.2) is 0 Å². The summed E-state index contributed by atoms with van der Waals surface area (Å²) in [7, 11) is -47.1. The first-order valence-corrected chi connectivity index (χ1v) is 36.2. The summed E-state index contributed by atoms with van der Waals surface area (Å²) < 4.78 is 291. The molecule has 0 aliphatic rings. The van der Waals surface area contributed by atoms with E-state index in [1.165, 1.54) is 24.3 Å². The van der Waals surface area contributed by atoms with Gasteiger partial charge in [-0.1, -0.05) is 60.7 Å². The minimum Gasteiger partial charge on any atom is -0.344 e. The van der Waals surface area contributed by atoms with Crippen LogP contribution in [0.25, 0.3) is 32.7 Å². The fraction of sp³-hybridized carbons (Fsp3) is 0.0435. The molecule has 0 spiro atoms. The molecule has 0 aliphatic carbocycles. The van der Waals surface area contributed by atoms with Crippen molar-refractivity contribution in [2.24, 2.45) is 0 Å². The fourth-order valence-electron chi connectivity index (χ4n) is 8.69. The molecule has 0 saturated heterocycles. The van der Waals surface area contributed by atoms with Gasteiger partial charge in [0.1, 0.15) is 9.79 Å². The van der Waals surface area contributed by atoms with Crippen LogP contribution in [0.3, 0.4) is 0 Å². The second kappa shape index (κ2) is 28.9. The van der Waals surface area contributed by atoms with E-state index in [0.717, 1.165) is 97.1 Å². The normalized spacial score (nSPS) is 12.2.